The maximum atomic E-state index is 12.9. The van der Waals surface area contributed by atoms with E-state index in [9.17, 15) is 4.79 Å². The fourth-order valence-corrected chi connectivity index (χ4v) is 3.17. The smallest absolute Gasteiger partial charge is 0.233 e. The number of carbonyl (C=O) groups excluding carboxylic acids is 1. The summed E-state index contributed by atoms with van der Waals surface area (Å²) in [5.74, 6) is 0.474. The Labute approximate surface area is 152 Å². The predicted molar refractivity (Wildman–Crippen MR) is 99.3 cm³/mol. The van der Waals surface area contributed by atoms with Crippen molar-refractivity contribution in [2.45, 2.75) is 32.4 Å². The number of methoxy groups -OCH3 is 1. The summed E-state index contributed by atoms with van der Waals surface area (Å²) < 4.78 is 14.1. The molecule has 3 rings (SSSR count). The summed E-state index contributed by atoms with van der Waals surface area (Å²) in [5, 5.41) is 4.17. The van der Waals surface area contributed by atoms with Crippen LogP contribution in [0.1, 0.15) is 16.2 Å². The summed E-state index contributed by atoms with van der Waals surface area (Å²) in [7, 11) is 0.383. The van der Waals surface area contributed by atoms with Gasteiger partial charge in [-0.2, -0.15) is 10.1 Å². The van der Waals surface area contributed by atoms with Crippen molar-refractivity contribution in [1.29, 1.82) is 0 Å². The zero-order valence-corrected chi connectivity index (χ0v) is 16.5. The molecular formula is C17H23N5O3Si. The Balaban J connectivity index is 1.78. The van der Waals surface area contributed by atoms with E-state index in [0.717, 1.165) is 6.04 Å². The number of nitrogens with zero attached hydrogens (tertiary/aromatic N) is 5. The van der Waals surface area contributed by atoms with Crippen molar-refractivity contribution in [1.82, 2.24) is 24.1 Å². The monoisotopic (exact) mass is 373 g/mol. The Morgan fingerprint density at radius 3 is 2.81 bits per heavy atom. The van der Waals surface area contributed by atoms with Crippen molar-refractivity contribution >= 4 is 19.5 Å². The second-order valence-corrected chi connectivity index (χ2v) is 12.8. The summed E-state index contributed by atoms with van der Waals surface area (Å²) in [4.78, 5) is 21.4. The lowest BCUT2D eigenvalue weighted by Crippen LogP contribution is -2.22. The molecule has 0 spiro atoms. The first-order chi connectivity index (χ1) is 12.4. The van der Waals surface area contributed by atoms with E-state index in [1.54, 1.807) is 29.2 Å². The van der Waals surface area contributed by atoms with Gasteiger partial charge < -0.3 is 14.0 Å². The molecule has 9 heteroatoms. The Morgan fingerprint density at radius 1 is 1.27 bits per heavy atom. The fraction of sp³-hybridized carbons (Fsp3) is 0.412. The molecule has 0 radical (unpaired) electrons. The molecule has 0 saturated heterocycles. The van der Waals surface area contributed by atoms with Crippen LogP contribution in [-0.4, -0.2) is 51.7 Å². The molecule has 0 atom stereocenters. The van der Waals surface area contributed by atoms with Crippen LogP contribution in [0.4, 0.5) is 0 Å². The first kappa shape index (κ1) is 18.3. The highest BCUT2D eigenvalue weighted by Gasteiger charge is 2.21. The van der Waals surface area contributed by atoms with Crippen LogP contribution in [0.3, 0.4) is 0 Å². The number of ether oxygens (including phenoxy) is 2. The summed E-state index contributed by atoms with van der Waals surface area (Å²) in [6.45, 7) is 7.87. The number of hydrogen-bond donors (Lipinski definition) is 0. The summed E-state index contributed by atoms with van der Waals surface area (Å²) in [6.07, 6.45) is 6.52. The largest absolute Gasteiger partial charge is 0.481 e. The Bertz CT molecular complexity index is 913. The third kappa shape index (κ3) is 4.00. The van der Waals surface area contributed by atoms with Crippen LogP contribution in [0.25, 0.3) is 5.65 Å². The van der Waals surface area contributed by atoms with Gasteiger partial charge in [0.15, 0.2) is 11.5 Å². The molecule has 3 heterocycles. The highest BCUT2D eigenvalue weighted by atomic mass is 28.3. The predicted octanol–water partition coefficient (Wildman–Crippen LogP) is 2.48. The van der Waals surface area contributed by atoms with Crippen molar-refractivity contribution in [2.75, 3.05) is 13.7 Å². The van der Waals surface area contributed by atoms with E-state index in [4.69, 9.17) is 9.47 Å². The zero-order valence-electron chi connectivity index (χ0n) is 15.5. The van der Waals surface area contributed by atoms with Crippen LogP contribution in [0.5, 0.6) is 5.88 Å². The van der Waals surface area contributed by atoms with Crippen LogP contribution >= 0.6 is 0 Å². The molecule has 3 aromatic heterocycles. The van der Waals surface area contributed by atoms with E-state index in [1.807, 2.05) is 0 Å². The lowest BCUT2D eigenvalue weighted by atomic mass is 10.2. The molecular weight excluding hydrogens is 350 g/mol. The molecule has 3 aromatic rings. The fourth-order valence-electron chi connectivity index (χ4n) is 2.41. The van der Waals surface area contributed by atoms with Crippen molar-refractivity contribution in [3.8, 4) is 5.88 Å². The number of carbonyl (C=O) groups is 1. The molecule has 0 N–H and O–H groups in total. The molecule has 0 aliphatic carbocycles. The first-order valence-corrected chi connectivity index (χ1v) is 12.1. The number of hydrogen-bond acceptors (Lipinski definition) is 6. The second kappa shape index (κ2) is 7.38. The molecule has 0 saturated carbocycles. The van der Waals surface area contributed by atoms with E-state index in [2.05, 4.69) is 34.7 Å². The number of aromatic nitrogens is 5. The van der Waals surface area contributed by atoms with Gasteiger partial charge in [-0.1, -0.05) is 19.6 Å². The molecule has 0 bridgehead atoms. The molecule has 8 nitrogen and oxygen atoms in total. The number of rotatable bonds is 8. The van der Waals surface area contributed by atoms with Crippen molar-refractivity contribution < 1.29 is 14.3 Å². The van der Waals surface area contributed by atoms with Gasteiger partial charge in [0.2, 0.25) is 11.7 Å². The van der Waals surface area contributed by atoms with Crippen LogP contribution in [0.2, 0.25) is 25.7 Å². The van der Waals surface area contributed by atoms with Gasteiger partial charge in [-0.15, -0.1) is 0 Å². The van der Waals surface area contributed by atoms with Gasteiger partial charge >= 0.3 is 0 Å². The molecule has 0 aromatic carbocycles. The van der Waals surface area contributed by atoms with Gasteiger partial charge in [0, 0.05) is 39.3 Å². The number of ketones is 1. The van der Waals surface area contributed by atoms with Crippen molar-refractivity contribution in [3.63, 3.8) is 0 Å². The first-order valence-electron chi connectivity index (χ1n) is 8.41. The van der Waals surface area contributed by atoms with Gasteiger partial charge in [-0.25, -0.2) is 9.50 Å². The number of fused-ring (bicyclic) bond motifs is 1. The topological polar surface area (TPSA) is 83.5 Å². The molecule has 0 unspecified atom stereocenters. The van der Waals surface area contributed by atoms with Crippen LogP contribution < -0.4 is 4.74 Å². The lowest BCUT2D eigenvalue weighted by molar-refractivity contribution is 0.0812. The minimum atomic E-state index is -1.15. The average Bonchev–Trinajstić information content (AvgIpc) is 3.23. The molecule has 138 valence electrons. The summed E-state index contributed by atoms with van der Waals surface area (Å²) in [5.41, 5.74) is 0.807. The van der Waals surface area contributed by atoms with Crippen LogP contribution in [0, 0.1) is 0 Å². The average molecular weight is 373 g/mol. The van der Waals surface area contributed by atoms with Crippen LogP contribution in [-0.2, 0) is 11.5 Å². The minimum absolute atomic E-state index is 0.250. The third-order valence-electron chi connectivity index (χ3n) is 3.94. The highest BCUT2D eigenvalue weighted by molar-refractivity contribution is 6.76. The molecule has 0 aliphatic heterocycles. The van der Waals surface area contributed by atoms with Gasteiger partial charge in [-0.3, -0.25) is 4.79 Å². The van der Waals surface area contributed by atoms with E-state index >= 15 is 0 Å². The summed E-state index contributed by atoms with van der Waals surface area (Å²) in [6, 6.07) is 2.75. The van der Waals surface area contributed by atoms with Gasteiger partial charge in [0.05, 0.1) is 18.9 Å². The Hall–Kier alpha value is -2.52. The van der Waals surface area contributed by atoms with Gasteiger partial charge in [-0.05, 0) is 6.04 Å². The van der Waals surface area contributed by atoms with Crippen molar-refractivity contribution in [3.05, 3.63) is 42.2 Å². The Morgan fingerprint density at radius 2 is 2.08 bits per heavy atom. The molecule has 0 fully saturated rings. The lowest BCUT2D eigenvalue weighted by Gasteiger charge is -2.15. The third-order valence-corrected chi connectivity index (χ3v) is 5.65. The number of imidazole rings is 1. The maximum Gasteiger partial charge on any atom is 0.233 e. The zero-order chi connectivity index (χ0) is 18.7. The van der Waals surface area contributed by atoms with Crippen molar-refractivity contribution in [2.24, 2.45) is 0 Å². The van der Waals surface area contributed by atoms with Crippen LogP contribution in [0.15, 0.2) is 30.9 Å². The molecule has 0 amide bonds. The SMILES string of the molecule is COc1ccn2ncc(C(=O)c3nccn3COCC[Si](C)(C)C)c2n1. The highest BCUT2D eigenvalue weighted by Crippen LogP contribution is 2.16. The second-order valence-electron chi connectivity index (χ2n) is 7.19. The normalized spacial score (nSPS) is 11.8. The standard InChI is InChI=1S/C17H23N5O3Si/c1-24-14-5-7-22-16(20-14)13(11-19-22)15(23)17-18-6-8-21(17)12-25-9-10-26(2,3)4/h5-8,11H,9-10,12H2,1-4H3. The van der Waals surface area contributed by atoms with E-state index in [-0.39, 0.29) is 5.78 Å². The molecule has 0 aliphatic rings. The van der Waals surface area contributed by atoms with E-state index in [1.165, 1.54) is 17.8 Å². The maximum absolute atomic E-state index is 12.9. The van der Waals surface area contributed by atoms with Gasteiger partial charge in [0.1, 0.15) is 6.73 Å². The summed E-state index contributed by atoms with van der Waals surface area (Å²) >= 11 is 0. The van der Waals surface area contributed by atoms with E-state index in [0.29, 0.717) is 36.3 Å². The minimum Gasteiger partial charge on any atom is -0.481 e. The molecule has 26 heavy (non-hydrogen) atoms. The van der Waals surface area contributed by atoms with Gasteiger partial charge in [0.25, 0.3) is 0 Å². The quantitative estimate of drug-likeness (QED) is 0.343. The van der Waals surface area contributed by atoms with E-state index < -0.39 is 8.07 Å². The Kier molecular flexibility index (Phi) is 5.19.